The van der Waals surface area contributed by atoms with Crippen LogP contribution >= 0.6 is 15.9 Å². The molecule has 0 N–H and O–H groups in total. The second-order valence-electron chi connectivity index (χ2n) is 5.70. The molecule has 6 heteroatoms. The standard InChI is InChI=1S/C18H20BrN3O2/c1-11-5-6-12(2)22(11)18-20-13(3)15-9-14(19)10-16(17(15)21-18)24-8-7-23-4/h5-6,9-10H,7-8H2,1-4H3. The largest absolute Gasteiger partial charge is 0.489 e. The van der Waals surface area contributed by atoms with Crippen molar-refractivity contribution in [1.82, 2.24) is 14.5 Å². The minimum atomic E-state index is 0.474. The number of ether oxygens (including phenoxy) is 2. The molecule has 5 nitrogen and oxygen atoms in total. The van der Waals surface area contributed by atoms with Gasteiger partial charge in [0, 0.05) is 28.4 Å². The van der Waals surface area contributed by atoms with Gasteiger partial charge in [-0.05, 0) is 45.0 Å². The third kappa shape index (κ3) is 3.16. The van der Waals surface area contributed by atoms with Gasteiger partial charge in [0.15, 0.2) is 0 Å². The molecule has 0 saturated heterocycles. The number of rotatable bonds is 5. The maximum Gasteiger partial charge on any atom is 0.235 e. The Balaban J connectivity index is 2.18. The Morgan fingerprint density at radius 2 is 1.75 bits per heavy atom. The molecule has 0 saturated carbocycles. The van der Waals surface area contributed by atoms with E-state index in [0.29, 0.717) is 19.2 Å². The van der Waals surface area contributed by atoms with Crippen molar-refractivity contribution in [3.05, 3.63) is 45.8 Å². The van der Waals surface area contributed by atoms with Crippen molar-refractivity contribution in [2.75, 3.05) is 20.3 Å². The highest BCUT2D eigenvalue weighted by molar-refractivity contribution is 9.10. The average Bonchev–Trinajstić information content (AvgIpc) is 2.87. The second-order valence-corrected chi connectivity index (χ2v) is 6.62. The maximum atomic E-state index is 5.87. The van der Waals surface area contributed by atoms with E-state index in [9.17, 15) is 0 Å². The minimum Gasteiger partial charge on any atom is -0.489 e. The molecule has 2 aromatic heterocycles. The van der Waals surface area contributed by atoms with Crippen LogP contribution in [0.3, 0.4) is 0 Å². The van der Waals surface area contributed by atoms with E-state index in [1.54, 1.807) is 7.11 Å². The lowest BCUT2D eigenvalue weighted by Gasteiger charge is -2.14. The van der Waals surface area contributed by atoms with Crippen LogP contribution in [0.15, 0.2) is 28.7 Å². The lowest BCUT2D eigenvalue weighted by Crippen LogP contribution is -2.08. The summed E-state index contributed by atoms with van der Waals surface area (Å²) in [4.78, 5) is 9.48. The first-order valence-electron chi connectivity index (χ1n) is 7.76. The van der Waals surface area contributed by atoms with Crippen LogP contribution in [0.25, 0.3) is 16.9 Å². The molecule has 0 spiro atoms. The van der Waals surface area contributed by atoms with Gasteiger partial charge in [0.05, 0.1) is 12.3 Å². The van der Waals surface area contributed by atoms with Crippen LogP contribution in [0.1, 0.15) is 17.1 Å². The number of halogens is 1. The molecule has 0 aliphatic rings. The minimum absolute atomic E-state index is 0.474. The first kappa shape index (κ1) is 16.9. The fraction of sp³-hybridized carbons (Fsp3) is 0.333. The number of fused-ring (bicyclic) bond motifs is 1. The third-order valence-electron chi connectivity index (χ3n) is 3.93. The van der Waals surface area contributed by atoms with E-state index in [2.05, 4.69) is 28.1 Å². The molecule has 0 aliphatic heterocycles. The molecule has 0 bridgehead atoms. The lowest BCUT2D eigenvalue weighted by atomic mass is 10.2. The van der Waals surface area contributed by atoms with Crippen molar-refractivity contribution in [3.63, 3.8) is 0 Å². The summed E-state index contributed by atoms with van der Waals surface area (Å²) in [6, 6.07) is 8.09. The van der Waals surface area contributed by atoms with Gasteiger partial charge in [0.2, 0.25) is 5.95 Å². The first-order chi connectivity index (χ1) is 11.5. The Kier molecular flexibility index (Phi) is 4.87. The lowest BCUT2D eigenvalue weighted by molar-refractivity contribution is 0.147. The van der Waals surface area contributed by atoms with Crippen molar-refractivity contribution < 1.29 is 9.47 Å². The molecule has 0 radical (unpaired) electrons. The van der Waals surface area contributed by atoms with Crippen LogP contribution in [0.5, 0.6) is 5.75 Å². The molecule has 0 atom stereocenters. The molecule has 0 aliphatic carbocycles. The van der Waals surface area contributed by atoms with E-state index in [0.717, 1.165) is 38.2 Å². The molecule has 0 amide bonds. The van der Waals surface area contributed by atoms with Gasteiger partial charge in [-0.25, -0.2) is 9.97 Å². The van der Waals surface area contributed by atoms with Crippen molar-refractivity contribution in [2.24, 2.45) is 0 Å². The molecule has 3 rings (SSSR count). The Morgan fingerprint density at radius 1 is 1.04 bits per heavy atom. The molecule has 1 aromatic carbocycles. The zero-order valence-electron chi connectivity index (χ0n) is 14.3. The smallest absolute Gasteiger partial charge is 0.235 e. The van der Waals surface area contributed by atoms with Crippen molar-refractivity contribution in [2.45, 2.75) is 20.8 Å². The summed E-state index contributed by atoms with van der Waals surface area (Å²) in [6.07, 6.45) is 0. The highest BCUT2D eigenvalue weighted by Gasteiger charge is 2.14. The molecular formula is C18H20BrN3O2. The maximum absolute atomic E-state index is 5.87. The summed E-state index contributed by atoms with van der Waals surface area (Å²) in [6.45, 7) is 7.09. The Bertz CT molecular complexity index is 870. The number of nitrogens with zero attached hydrogens (tertiary/aromatic N) is 3. The van der Waals surface area contributed by atoms with E-state index in [1.807, 2.05) is 37.5 Å². The number of hydrogen-bond donors (Lipinski definition) is 0. The summed E-state index contributed by atoms with van der Waals surface area (Å²) in [5.74, 6) is 1.39. The van der Waals surface area contributed by atoms with E-state index in [4.69, 9.17) is 19.4 Å². The second kappa shape index (κ2) is 6.91. The fourth-order valence-electron chi connectivity index (χ4n) is 2.73. The van der Waals surface area contributed by atoms with Crippen LogP contribution in [0.2, 0.25) is 0 Å². The summed E-state index contributed by atoms with van der Waals surface area (Å²) < 4.78 is 13.9. The van der Waals surface area contributed by atoms with Gasteiger partial charge in [-0.2, -0.15) is 0 Å². The van der Waals surface area contributed by atoms with Gasteiger partial charge in [0.1, 0.15) is 17.9 Å². The molecular weight excluding hydrogens is 370 g/mol. The third-order valence-corrected chi connectivity index (χ3v) is 4.38. The van der Waals surface area contributed by atoms with Gasteiger partial charge >= 0.3 is 0 Å². The molecule has 2 heterocycles. The van der Waals surface area contributed by atoms with Gasteiger partial charge in [-0.3, -0.25) is 4.57 Å². The zero-order valence-corrected chi connectivity index (χ0v) is 15.8. The SMILES string of the molecule is COCCOc1cc(Br)cc2c(C)nc(-n3c(C)ccc3C)nc12. The fourth-order valence-corrected chi connectivity index (χ4v) is 3.17. The number of aryl methyl sites for hydroxylation is 3. The summed E-state index contributed by atoms with van der Waals surface area (Å²) in [5, 5.41) is 0.975. The van der Waals surface area contributed by atoms with E-state index < -0.39 is 0 Å². The highest BCUT2D eigenvalue weighted by Crippen LogP contribution is 2.31. The molecule has 0 unspecified atom stereocenters. The molecule has 0 fully saturated rings. The van der Waals surface area contributed by atoms with E-state index in [1.165, 1.54) is 0 Å². The Hall–Kier alpha value is -1.92. The first-order valence-corrected chi connectivity index (χ1v) is 8.55. The van der Waals surface area contributed by atoms with Crippen molar-refractivity contribution >= 4 is 26.8 Å². The number of methoxy groups -OCH3 is 1. The van der Waals surface area contributed by atoms with E-state index >= 15 is 0 Å². The van der Waals surface area contributed by atoms with Crippen LogP contribution in [0, 0.1) is 20.8 Å². The number of aromatic nitrogens is 3. The van der Waals surface area contributed by atoms with Crippen LogP contribution in [-0.2, 0) is 4.74 Å². The van der Waals surface area contributed by atoms with Gasteiger partial charge in [-0.1, -0.05) is 15.9 Å². The molecule has 3 aromatic rings. The predicted molar refractivity (Wildman–Crippen MR) is 98.1 cm³/mol. The Labute approximate surface area is 149 Å². The molecule has 24 heavy (non-hydrogen) atoms. The van der Waals surface area contributed by atoms with E-state index in [-0.39, 0.29) is 0 Å². The summed E-state index contributed by atoms with van der Waals surface area (Å²) in [5.41, 5.74) is 3.93. The monoisotopic (exact) mass is 389 g/mol. The number of benzene rings is 1. The topological polar surface area (TPSA) is 49.2 Å². The average molecular weight is 390 g/mol. The van der Waals surface area contributed by atoms with Gasteiger partial charge in [-0.15, -0.1) is 0 Å². The Morgan fingerprint density at radius 3 is 2.42 bits per heavy atom. The van der Waals surface area contributed by atoms with Gasteiger partial charge < -0.3 is 9.47 Å². The summed E-state index contributed by atoms with van der Waals surface area (Å²) >= 11 is 3.53. The predicted octanol–water partition coefficient (Wildman–Crippen LogP) is 4.13. The van der Waals surface area contributed by atoms with Crippen molar-refractivity contribution in [1.29, 1.82) is 0 Å². The zero-order chi connectivity index (χ0) is 17.3. The van der Waals surface area contributed by atoms with Crippen LogP contribution in [0.4, 0.5) is 0 Å². The molecule has 126 valence electrons. The quantitative estimate of drug-likeness (QED) is 0.615. The highest BCUT2D eigenvalue weighted by atomic mass is 79.9. The normalized spacial score (nSPS) is 11.2. The summed E-state index contributed by atoms with van der Waals surface area (Å²) in [7, 11) is 1.66. The van der Waals surface area contributed by atoms with Crippen molar-refractivity contribution in [3.8, 4) is 11.7 Å². The number of hydrogen-bond acceptors (Lipinski definition) is 4. The van der Waals surface area contributed by atoms with Crippen LogP contribution < -0.4 is 4.74 Å². The van der Waals surface area contributed by atoms with Gasteiger partial charge in [0.25, 0.3) is 0 Å². The van der Waals surface area contributed by atoms with Crippen LogP contribution in [-0.4, -0.2) is 34.9 Å².